The van der Waals surface area contributed by atoms with Gasteiger partial charge in [-0.05, 0) is 41.5 Å². The van der Waals surface area contributed by atoms with Crippen LogP contribution in [0, 0.1) is 0 Å². The summed E-state index contributed by atoms with van der Waals surface area (Å²) in [6.07, 6.45) is -9.68. The van der Waals surface area contributed by atoms with Crippen LogP contribution in [0.5, 0.6) is 0 Å². The number of methoxy groups -OCH3 is 6. The molecule has 0 aromatic carbocycles. The van der Waals surface area contributed by atoms with Crippen LogP contribution in [0.2, 0.25) is 0 Å². The predicted octanol–water partition coefficient (Wildman–Crippen LogP) is -24.0. The van der Waals surface area contributed by atoms with Gasteiger partial charge in [0.05, 0.1) is 215 Å². The summed E-state index contributed by atoms with van der Waals surface area (Å²) in [6.45, 7) is 7.83. The van der Waals surface area contributed by atoms with Gasteiger partial charge in [0, 0.05) is 51.1 Å². The number of hydrogen-bond acceptors (Lipinski definition) is 44. The SMILES string of the molecule is CC(CO)OC(CO)CO.CC(CO)OC(CO)CO.COCC(CO)OC(C)CO.COCC(CO)OC(C)CO.COCC(CO)OC(C)CO.COCC(O)CO.COCC(O)CO.COCC1OC(C)CO[C@H]1O.O=CCOC(CO)OC(CO)COC(CO)OC(CO)CO.[B].[H-].[Na+].[Na+].[O-][I+3]([O-])([O-])[O-]. The van der Waals surface area contributed by atoms with Gasteiger partial charge in [0.25, 0.3) is 0 Å². The van der Waals surface area contributed by atoms with E-state index in [9.17, 15) is 9.90 Å². The zero-order valence-corrected chi connectivity index (χ0v) is 71.3. The Kier molecular flexibility index (Phi) is 127. The van der Waals surface area contributed by atoms with Crippen molar-refractivity contribution in [2.45, 2.75) is 158 Å². The van der Waals surface area contributed by atoms with E-state index in [-0.39, 0.29) is 249 Å². The first-order chi connectivity index (χ1) is 49.7. The molecule has 1 fully saturated rings. The number of aliphatic hydroxyl groups is 22. The van der Waals surface area contributed by atoms with Gasteiger partial charge in [-0.3, -0.25) is 13.7 Å². The second-order valence-electron chi connectivity index (χ2n) is 21.1. The van der Waals surface area contributed by atoms with E-state index in [4.69, 9.17) is 192 Å². The molecule has 0 aromatic rings. The molecule has 16 atom stereocenters. The van der Waals surface area contributed by atoms with E-state index in [2.05, 4.69) is 9.47 Å². The summed E-state index contributed by atoms with van der Waals surface area (Å²) in [4.78, 5) is 10.2. The molecule has 0 aromatic heterocycles. The summed E-state index contributed by atoms with van der Waals surface area (Å²) >= 11 is -5.94. The van der Waals surface area contributed by atoms with Crippen molar-refractivity contribution in [2.75, 3.05) is 228 Å². The van der Waals surface area contributed by atoms with Crippen molar-refractivity contribution in [1.29, 1.82) is 0 Å². The van der Waals surface area contributed by atoms with Gasteiger partial charge in [-0.25, -0.2) is 0 Å². The quantitative estimate of drug-likeness (QED) is 0.0116. The average Bonchev–Trinajstić information content (AvgIpc) is 0.892. The Hall–Kier alpha value is 0.745. The molecular formula is C60H135BINa2O44. The van der Waals surface area contributed by atoms with Crippen molar-refractivity contribution in [2.24, 2.45) is 0 Å². The minimum absolute atomic E-state index is 0. The Morgan fingerprint density at radius 1 is 0.389 bits per heavy atom. The molecule has 108 heavy (non-hydrogen) atoms. The molecule has 22 N–H and O–H groups in total. The van der Waals surface area contributed by atoms with Crippen LogP contribution < -0.4 is 93.0 Å². The molecule has 1 saturated heterocycles. The zero-order chi connectivity index (χ0) is 83.0. The number of carbonyl (C=O) groups excluding carboxylic acids is 1. The summed E-state index contributed by atoms with van der Waals surface area (Å²) in [6, 6.07) is 0. The normalized spacial score (nSPS) is 17.2. The Bertz CT molecular complexity index is 1530. The molecule has 0 bridgehead atoms. The molecule has 48 heteroatoms. The minimum atomic E-state index is -5.94. The van der Waals surface area contributed by atoms with E-state index in [1.54, 1.807) is 41.7 Å². The summed E-state index contributed by atoms with van der Waals surface area (Å²) in [5.41, 5.74) is 0. The fourth-order valence-corrected chi connectivity index (χ4v) is 5.97. The van der Waals surface area contributed by atoms with Gasteiger partial charge in [-0.15, -0.1) is 0 Å². The predicted molar refractivity (Wildman–Crippen MR) is 358 cm³/mol. The first-order valence-electron chi connectivity index (χ1n) is 32.4. The van der Waals surface area contributed by atoms with Crippen molar-refractivity contribution >= 4 is 14.7 Å². The Balaban J connectivity index is -0.0000000871. The fraction of sp³-hybridized carbons (Fsp3) is 0.983. The van der Waals surface area contributed by atoms with Gasteiger partial charge in [-0.2, -0.15) is 0 Å². The van der Waals surface area contributed by atoms with Crippen molar-refractivity contribution in [3.63, 3.8) is 0 Å². The fourth-order valence-electron chi connectivity index (χ4n) is 5.97. The van der Waals surface area contributed by atoms with Crippen LogP contribution in [0.25, 0.3) is 0 Å². The number of halogens is 1. The minimum Gasteiger partial charge on any atom is -1.00 e. The zero-order valence-electron chi connectivity index (χ0n) is 66.1. The maximum Gasteiger partial charge on any atom is 1.00 e. The van der Waals surface area contributed by atoms with E-state index in [1.807, 2.05) is 6.92 Å². The van der Waals surface area contributed by atoms with Crippen LogP contribution >= 0.6 is 0 Å². The van der Waals surface area contributed by atoms with Crippen LogP contribution in [0.3, 0.4) is 0 Å². The van der Waals surface area contributed by atoms with E-state index in [1.165, 1.54) is 35.5 Å². The molecular weight excluding hydrogens is 1610 g/mol. The number of carbonyl (C=O) groups is 1. The molecule has 15 unspecified atom stereocenters. The Morgan fingerprint density at radius 2 is 0.639 bits per heavy atom. The van der Waals surface area contributed by atoms with E-state index >= 15 is 0 Å². The smallest absolute Gasteiger partial charge is 1.00 e. The first-order valence-corrected chi connectivity index (χ1v) is 35.9. The topological polar surface area (TPSA) is 711 Å². The third-order valence-corrected chi connectivity index (χ3v) is 11.0. The summed E-state index contributed by atoms with van der Waals surface area (Å²) < 4.78 is 119. The van der Waals surface area contributed by atoms with E-state index in [0.717, 1.165) is 0 Å². The van der Waals surface area contributed by atoms with E-state index in [0.29, 0.717) is 39.3 Å². The Labute approximate surface area is 688 Å². The first kappa shape index (κ1) is 135. The molecule has 1 aliphatic heterocycles. The molecule has 3 radical (unpaired) electrons. The number of hydrogen-bond donors (Lipinski definition) is 22. The average molecular weight is 1740 g/mol. The number of aldehydes is 1. The Morgan fingerprint density at radius 3 is 0.861 bits per heavy atom. The maximum atomic E-state index is 10.2. The van der Waals surface area contributed by atoms with Crippen LogP contribution in [0.1, 0.15) is 43.0 Å². The molecule has 0 spiro atoms. The molecule has 0 saturated carbocycles. The standard InChI is InChI=1S/C12H24O10.C7H14O4.3C7H16O4.2C6H14O4.2C4H10O3.B.IO4.2Na.H/c13-1-2-19-11(6-17)22-10(5-16)8-20-12(7-18)21-9(3-14)4-15;1-5-3-10-7(8)6(11-5)4-9-2;3*1-6(3-8)11-7(4-9)5-10-2;2*1-5(2-7)10-6(3-8)4-9;2*1-7-3-4(6)2-5;;2-1(3,4)5;;;/h1,9-12,14-18H,2-8H2;5-8H,3-4H2,1-2H3;3*6-9H,3-5H2,1-2H3;2*5-9H,2-4H2,1H3;2*4-6H,2-3H2,1H3;;;;;/q;;;;;;;;;;-1;2*+1;-1/t;5?,6?,7-;;;;;;;;;;;;/m.1............/s1. The van der Waals surface area contributed by atoms with Crippen molar-refractivity contribution in [3.05, 3.63) is 0 Å². The van der Waals surface area contributed by atoms with Crippen LogP contribution in [0.4, 0.5) is 0 Å². The van der Waals surface area contributed by atoms with Gasteiger partial charge in [0.2, 0.25) is 0 Å². The molecule has 1 aliphatic rings. The summed E-state index contributed by atoms with van der Waals surface area (Å²) in [7, 11) is 9.12. The van der Waals surface area contributed by atoms with Gasteiger partial charge in [-0.1, -0.05) is 0 Å². The second-order valence-corrected chi connectivity index (χ2v) is 23.3. The molecule has 0 aliphatic carbocycles. The van der Waals surface area contributed by atoms with Crippen LogP contribution in [-0.2, 0) is 85.3 Å². The van der Waals surface area contributed by atoms with Gasteiger partial charge < -0.3 is 199 Å². The molecule has 1 heterocycles. The van der Waals surface area contributed by atoms with Crippen molar-refractivity contribution in [3.8, 4) is 0 Å². The van der Waals surface area contributed by atoms with Crippen molar-refractivity contribution in [1.82, 2.24) is 0 Å². The maximum absolute atomic E-state index is 10.2. The van der Waals surface area contributed by atoms with E-state index < -0.39 is 109 Å². The van der Waals surface area contributed by atoms with Crippen LogP contribution in [-0.4, -0.2) is 471 Å². The number of ether oxygens (including phenoxy) is 17. The largest absolute Gasteiger partial charge is 1.00 e. The van der Waals surface area contributed by atoms with Gasteiger partial charge in [0.15, 0.2) is 18.9 Å². The summed E-state index contributed by atoms with van der Waals surface area (Å²) in [5.74, 6) is 0. The number of aliphatic hydroxyl groups excluding tert-OH is 22. The van der Waals surface area contributed by atoms with Gasteiger partial charge >= 0.3 is 59.1 Å². The molecule has 651 valence electrons. The molecule has 1 rings (SSSR count). The monoisotopic (exact) mass is 1740 g/mol. The third-order valence-electron chi connectivity index (χ3n) is 11.0. The molecule has 44 nitrogen and oxygen atoms in total. The number of rotatable bonds is 51. The van der Waals surface area contributed by atoms with Crippen LogP contribution in [0.15, 0.2) is 0 Å². The molecule has 0 amide bonds. The second kappa shape index (κ2) is 102. The summed E-state index contributed by atoms with van der Waals surface area (Å²) in [5, 5.41) is 190. The van der Waals surface area contributed by atoms with Gasteiger partial charge in [0.1, 0.15) is 94.0 Å². The van der Waals surface area contributed by atoms with Crippen molar-refractivity contribution < 1.29 is 292 Å². The third kappa shape index (κ3) is 105.